The third-order valence-corrected chi connectivity index (χ3v) is 6.15. The van der Waals surface area contributed by atoms with Gasteiger partial charge >= 0.3 is 0 Å². The summed E-state index contributed by atoms with van der Waals surface area (Å²) < 4.78 is 0. The van der Waals surface area contributed by atoms with Crippen LogP contribution in [0.3, 0.4) is 0 Å². The van der Waals surface area contributed by atoms with Gasteiger partial charge < -0.3 is 15.3 Å². The smallest absolute Gasteiger partial charge is 0.224 e. The van der Waals surface area contributed by atoms with Crippen molar-refractivity contribution in [2.45, 2.75) is 37.9 Å². The predicted molar refractivity (Wildman–Crippen MR) is 103 cm³/mol. The van der Waals surface area contributed by atoms with Crippen molar-refractivity contribution in [1.29, 1.82) is 0 Å². The Kier molecular flexibility index (Phi) is 5.07. The molecule has 4 nitrogen and oxygen atoms in total. The molecule has 1 fully saturated rings. The SMILES string of the molecule is O=C1CC(NCc2ccc(C#CCO)s2)CN1C1Cc2ccccc2C1. The van der Waals surface area contributed by atoms with Gasteiger partial charge in [0.15, 0.2) is 0 Å². The van der Waals surface area contributed by atoms with Crippen LogP contribution in [0.5, 0.6) is 0 Å². The van der Waals surface area contributed by atoms with Gasteiger partial charge in [-0.1, -0.05) is 36.1 Å². The number of aliphatic hydroxyl groups excluding tert-OH is 1. The molecule has 4 rings (SSSR count). The van der Waals surface area contributed by atoms with Gasteiger partial charge in [-0.25, -0.2) is 0 Å². The molecule has 1 amide bonds. The zero-order chi connectivity index (χ0) is 17.9. The second-order valence-corrected chi connectivity index (χ2v) is 8.05. The van der Waals surface area contributed by atoms with Crippen molar-refractivity contribution in [3.63, 3.8) is 0 Å². The Morgan fingerprint density at radius 2 is 1.92 bits per heavy atom. The minimum atomic E-state index is -0.115. The Labute approximate surface area is 157 Å². The van der Waals surface area contributed by atoms with E-state index in [2.05, 4.69) is 52.4 Å². The lowest BCUT2D eigenvalue weighted by Gasteiger charge is -2.24. The fourth-order valence-corrected chi connectivity index (χ4v) is 4.72. The Morgan fingerprint density at radius 3 is 2.65 bits per heavy atom. The van der Waals surface area contributed by atoms with Crippen molar-refractivity contribution in [3.05, 3.63) is 57.3 Å². The fraction of sp³-hybridized carbons (Fsp3) is 0.381. The van der Waals surface area contributed by atoms with Crippen LogP contribution in [-0.2, 0) is 24.2 Å². The first-order valence-corrected chi connectivity index (χ1v) is 9.82. The first-order chi connectivity index (χ1) is 12.7. The van der Waals surface area contributed by atoms with Crippen LogP contribution >= 0.6 is 11.3 Å². The Bertz CT molecular complexity index is 839. The molecule has 134 valence electrons. The fourth-order valence-electron chi connectivity index (χ4n) is 3.89. The lowest BCUT2D eigenvalue weighted by Crippen LogP contribution is -2.39. The summed E-state index contributed by atoms with van der Waals surface area (Å²) >= 11 is 1.63. The maximum atomic E-state index is 12.5. The summed E-state index contributed by atoms with van der Waals surface area (Å²) in [7, 11) is 0. The van der Waals surface area contributed by atoms with Gasteiger partial charge in [-0.15, -0.1) is 11.3 Å². The van der Waals surface area contributed by atoms with Crippen molar-refractivity contribution >= 4 is 17.2 Å². The molecule has 1 aromatic carbocycles. The predicted octanol–water partition coefficient (Wildman–Crippen LogP) is 1.95. The molecule has 0 bridgehead atoms. The first-order valence-electron chi connectivity index (χ1n) is 9.01. The van der Waals surface area contributed by atoms with Crippen molar-refractivity contribution in [2.24, 2.45) is 0 Å². The molecule has 2 aromatic rings. The van der Waals surface area contributed by atoms with E-state index in [1.807, 2.05) is 6.07 Å². The highest BCUT2D eigenvalue weighted by Gasteiger charge is 2.36. The normalized spacial score (nSPS) is 19.5. The second-order valence-electron chi connectivity index (χ2n) is 6.88. The molecule has 1 saturated heterocycles. The van der Waals surface area contributed by atoms with Crippen molar-refractivity contribution < 1.29 is 9.90 Å². The van der Waals surface area contributed by atoms with Gasteiger partial charge in [0.05, 0.1) is 4.88 Å². The van der Waals surface area contributed by atoms with E-state index in [-0.39, 0.29) is 18.6 Å². The molecule has 0 spiro atoms. The summed E-state index contributed by atoms with van der Waals surface area (Å²) in [5.41, 5.74) is 2.77. The van der Waals surface area contributed by atoms with Crippen LogP contribution in [0.25, 0.3) is 0 Å². The van der Waals surface area contributed by atoms with Gasteiger partial charge in [-0.3, -0.25) is 4.79 Å². The maximum Gasteiger partial charge on any atom is 0.224 e. The highest BCUT2D eigenvalue weighted by atomic mass is 32.1. The number of hydrogen-bond donors (Lipinski definition) is 2. The van der Waals surface area contributed by atoms with Crippen LogP contribution in [0.4, 0.5) is 0 Å². The number of rotatable bonds is 4. The van der Waals surface area contributed by atoms with Crippen LogP contribution < -0.4 is 5.32 Å². The second kappa shape index (κ2) is 7.63. The van der Waals surface area contributed by atoms with Gasteiger partial charge in [-0.05, 0) is 36.1 Å². The van der Waals surface area contributed by atoms with E-state index in [9.17, 15) is 4.79 Å². The lowest BCUT2D eigenvalue weighted by atomic mass is 10.1. The minimum absolute atomic E-state index is 0.115. The molecular weight excluding hydrogens is 344 g/mol. The van der Waals surface area contributed by atoms with Crippen molar-refractivity contribution in [1.82, 2.24) is 10.2 Å². The average molecular weight is 366 g/mol. The monoisotopic (exact) mass is 366 g/mol. The highest BCUT2D eigenvalue weighted by Crippen LogP contribution is 2.28. The van der Waals surface area contributed by atoms with Gasteiger partial charge in [0.2, 0.25) is 5.91 Å². The van der Waals surface area contributed by atoms with Crippen LogP contribution in [-0.4, -0.2) is 41.1 Å². The number of thiophene rings is 1. The molecule has 1 aromatic heterocycles. The summed E-state index contributed by atoms with van der Waals surface area (Å²) in [6.07, 6.45) is 2.54. The zero-order valence-electron chi connectivity index (χ0n) is 14.6. The first kappa shape index (κ1) is 17.3. The van der Waals surface area contributed by atoms with E-state index in [0.717, 1.165) is 30.8 Å². The molecule has 2 heterocycles. The lowest BCUT2D eigenvalue weighted by molar-refractivity contribution is -0.129. The molecule has 0 saturated carbocycles. The number of hydrogen-bond acceptors (Lipinski definition) is 4. The summed E-state index contributed by atoms with van der Waals surface area (Å²) in [5.74, 6) is 5.87. The number of nitrogens with one attached hydrogen (secondary N) is 1. The van der Waals surface area contributed by atoms with E-state index < -0.39 is 0 Å². The summed E-state index contributed by atoms with van der Waals surface area (Å²) in [5, 5.41) is 12.3. The number of amides is 1. The Morgan fingerprint density at radius 1 is 1.15 bits per heavy atom. The summed E-state index contributed by atoms with van der Waals surface area (Å²) in [6, 6.07) is 13.1. The molecule has 1 atom stereocenters. The van der Waals surface area contributed by atoms with Crippen molar-refractivity contribution in [3.8, 4) is 11.8 Å². The number of likely N-dealkylation sites (tertiary alicyclic amines) is 1. The average Bonchev–Trinajstić information content (AvgIpc) is 3.35. The number of aliphatic hydroxyl groups is 1. The molecule has 1 unspecified atom stereocenters. The topological polar surface area (TPSA) is 52.6 Å². The largest absolute Gasteiger partial charge is 0.384 e. The Balaban J connectivity index is 1.32. The van der Waals surface area contributed by atoms with E-state index in [1.54, 1.807) is 11.3 Å². The summed E-state index contributed by atoms with van der Waals surface area (Å²) in [4.78, 5) is 16.7. The van der Waals surface area contributed by atoms with Crippen LogP contribution in [0.1, 0.15) is 27.3 Å². The van der Waals surface area contributed by atoms with E-state index in [4.69, 9.17) is 5.11 Å². The third kappa shape index (κ3) is 3.68. The maximum absolute atomic E-state index is 12.5. The number of benzene rings is 1. The zero-order valence-corrected chi connectivity index (χ0v) is 15.4. The van der Waals surface area contributed by atoms with Gasteiger partial charge in [0, 0.05) is 36.5 Å². The van der Waals surface area contributed by atoms with Gasteiger partial charge in [-0.2, -0.15) is 0 Å². The van der Waals surface area contributed by atoms with Gasteiger partial charge in [0.1, 0.15) is 6.61 Å². The molecular formula is C21H22N2O2S. The number of carbonyl (C=O) groups excluding carboxylic acids is 1. The molecule has 5 heteroatoms. The Hall–Kier alpha value is -2.13. The highest BCUT2D eigenvalue weighted by molar-refractivity contribution is 7.12. The molecule has 1 aliphatic carbocycles. The molecule has 1 aliphatic heterocycles. The number of fused-ring (bicyclic) bond motifs is 1. The van der Waals surface area contributed by atoms with E-state index in [0.29, 0.717) is 12.5 Å². The van der Waals surface area contributed by atoms with Crippen LogP contribution in [0.2, 0.25) is 0 Å². The minimum Gasteiger partial charge on any atom is -0.384 e. The summed E-state index contributed by atoms with van der Waals surface area (Å²) in [6.45, 7) is 1.43. The number of nitrogens with zero attached hydrogens (tertiary/aromatic N) is 1. The van der Waals surface area contributed by atoms with Crippen LogP contribution in [0, 0.1) is 11.8 Å². The third-order valence-electron chi connectivity index (χ3n) is 5.15. The van der Waals surface area contributed by atoms with E-state index >= 15 is 0 Å². The van der Waals surface area contributed by atoms with Crippen molar-refractivity contribution in [2.75, 3.05) is 13.2 Å². The molecule has 26 heavy (non-hydrogen) atoms. The van der Waals surface area contributed by atoms with Gasteiger partial charge in [0.25, 0.3) is 0 Å². The molecule has 2 N–H and O–H groups in total. The standard InChI is InChI=1S/C21H22N2O2S/c24-9-3-6-19-7-8-20(26-19)13-22-17-12-21(25)23(14-17)18-10-15-4-1-2-5-16(15)11-18/h1-2,4-5,7-8,17-18,22,24H,9-14H2. The molecule has 0 radical (unpaired) electrons. The van der Waals surface area contributed by atoms with Crippen LogP contribution in [0.15, 0.2) is 36.4 Å². The number of carbonyl (C=O) groups is 1. The quantitative estimate of drug-likeness (QED) is 0.814. The molecule has 2 aliphatic rings. The van der Waals surface area contributed by atoms with E-state index in [1.165, 1.54) is 16.0 Å².